The molecular weight excluding hydrogens is 234 g/mol. The predicted molar refractivity (Wildman–Crippen MR) is 79.0 cm³/mol. The van der Waals surface area contributed by atoms with Crippen LogP contribution in [-0.2, 0) is 13.6 Å². The highest BCUT2D eigenvalue weighted by molar-refractivity contribution is 5.81. The van der Waals surface area contributed by atoms with Crippen molar-refractivity contribution >= 4 is 10.9 Å². The van der Waals surface area contributed by atoms with Crippen LogP contribution in [-0.4, -0.2) is 15.3 Å². The first-order chi connectivity index (χ1) is 9.18. The second-order valence-corrected chi connectivity index (χ2v) is 6.06. The molecule has 1 aliphatic rings. The third-order valence-corrected chi connectivity index (χ3v) is 4.47. The first-order valence-corrected chi connectivity index (χ1v) is 7.34. The Morgan fingerprint density at radius 2 is 1.95 bits per heavy atom. The minimum absolute atomic E-state index is 0.302. The molecule has 1 fully saturated rings. The Labute approximate surface area is 115 Å². The van der Waals surface area contributed by atoms with Gasteiger partial charge in [-0.15, -0.1) is 0 Å². The Morgan fingerprint density at radius 3 is 2.74 bits per heavy atom. The molecule has 1 N–H and O–H groups in total. The lowest BCUT2D eigenvalue weighted by atomic mass is 9.83. The largest absolute Gasteiger partial charge is 0.306 e. The van der Waals surface area contributed by atoms with E-state index in [1.165, 1.54) is 48.7 Å². The van der Waals surface area contributed by atoms with Gasteiger partial charge in [-0.05, 0) is 25.8 Å². The summed E-state index contributed by atoms with van der Waals surface area (Å²) < 4.78 is 1.98. The van der Waals surface area contributed by atoms with Gasteiger partial charge in [0, 0.05) is 24.5 Å². The number of rotatable bonds is 3. The maximum Gasteiger partial charge on any atom is 0.0841 e. The lowest BCUT2D eigenvalue weighted by Crippen LogP contribution is -2.43. The molecule has 1 heterocycles. The van der Waals surface area contributed by atoms with E-state index in [1.54, 1.807) is 0 Å². The number of para-hydroxylation sites is 1. The smallest absolute Gasteiger partial charge is 0.0841 e. The van der Waals surface area contributed by atoms with Gasteiger partial charge in [-0.3, -0.25) is 4.68 Å². The Balaban J connectivity index is 1.78. The first-order valence-electron chi connectivity index (χ1n) is 7.34. The Kier molecular flexibility index (Phi) is 3.31. The highest BCUT2D eigenvalue weighted by Crippen LogP contribution is 2.28. The lowest BCUT2D eigenvalue weighted by molar-refractivity contribution is 0.251. The van der Waals surface area contributed by atoms with Gasteiger partial charge in [0.05, 0.1) is 11.2 Å². The summed E-state index contributed by atoms with van der Waals surface area (Å²) in [4.78, 5) is 0. The van der Waals surface area contributed by atoms with Crippen molar-refractivity contribution in [2.75, 3.05) is 0 Å². The standard InChI is InChI=1S/C16H23N3/c1-16(10-6-3-7-11-16)17-12-14-13-8-4-5-9-15(13)19(2)18-14/h4-5,8-9,17H,3,6-7,10-12H2,1-2H3. The molecule has 2 aromatic rings. The normalized spacial score (nSPS) is 18.8. The summed E-state index contributed by atoms with van der Waals surface area (Å²) in [6, 6.07) is 8.47. The van der Waals surface area contributed by atoms with Gasteiger partial charge in [-0.1, -0.05) is 37.5 Å². The molecule has 0 amide bonds. The maximum atomic E-state index is 4.66. The fourth-order valence-electron chi connectivity index (χ4n) is 3.23. The third-order valence-electron chi connectivity index (χ3n) is 4.47. The molecule has 3 heteroatoms. The molecule has 0 aliphatic heterocycles. The van der Waals surface area contributed by atoms with E-state index in [0.717, 1.165) is 6.54 Å². The molecule has 3 nitrogen and oxygen atoms in total. The van der Waals surface area contributed by atoms with Gasteiger partial charge in [0.1, 0.15) is 0 Å². The average molecular weight is 257 g/mol. The van der Waals surface area contributed by atoms with E-state index >= 15 is 0 Å². The van der Waals surface area contributed by atoms with Crippen LogP contribution in [0.1, 0.15) is 44.7 Å². The quantitative estimate of drug-likeness (QED) is 0.913. The zero-order valence-electron chi connectivity index (χ0n) is 11.9. The van der Waals surface area contributed by atoms with E-state index in [4.69, 9.17) is 0 Å². The van der Waals surface area contributed by atoms with Gasteiger partial charge < -0.3 is 5.32 Å². The van der Waals surface area contributed by atoms with Crippen LogP contribution >= 0.6 is 0 Å². The van der Waals surface area contributed by atoms with E-state index in [0.29, 0.717) is 5.54 Å². The summed E-state index contributed by atoms with van der Waals surface area (Å²) in [5.74, 6) is 0. The van der Waals surface area contributed by atoms with E-state index in [2.05, 4.69) is 41.6 Å². The summed E-state index contributed by atoms with van der Waals surface area (Å²) in [5, 5.41) is 9.68. The zero-order chi connectivity index (χ0) is 13.3. The van der Waals surface area contributed by atoms with Crippen molar-refractivity contribution in [3.8, 4) is 0 Å². The van der Waals surface area contributed by atoms with Gasteiger partial charge in [0.2, 0.25) is 0 Å². The number of hydrogen-bond acceptors (Lipinski definition) is 2. The van der Waals surface area contributed by atoms with Gasteiger partial charge in [-0.25, -0.2) is 0 Å². The van der Waals surface area contributed by atoms with Crippen molar-refractivity contribution in [2.45, 2.75) is 51.1 Å². The molecule has 1 aromatic carbocycles. The van der Waals surface area contributed by atoms with Crippen molar-refractivity contribution in [1.82, 2.24) is 15.1 Å². The zero-order valence-corrected chi connectivity index (χ0v) is 11.9. The number of hydrogen-bond donors (Lipinski definition) is 1. The van der Waals surface area contributed by atoms with Gasteiger partial charge in [0.15, 0.2) is 0 Å². The van der Waals surface area contributed by atoms with Crippen molar-refractivity contribution in [1.29, 1.82) is 0 Å². The Morgan fingerprint density at radius 1 is 1.21 bits per heavy atom. The SMILES string of the molecule is Cn1nc(CNC2(C)CCCCC2)c2ccccc21. The Bertz CT molecular complexity index is 564. The van der Waals surface area contributed by atoms with Crippen molar-refractivity contribution < 1.29 is 0 Å². The summed E-state index contributed by atoms with van der Waals surface area (Å²) in [6.45, 7) is 3.23. The molecule has 0 bridgehead atoms. The fraction of sp³-hybridized carbons (Fsp3) is 0.562. The highest BCUT2D eigenvalue weighted by atomic mass is 15.3. The third kappa shape index (κ3) is 2.52. The van der Waals surface area contributed by atoms with Crippen LogP contribution in [0.4, 0.5) is 0 Å². The number of aromatic nitrogens is 2. The summed E-state index contributed by atoms with van der Waals surface area (Å²) >= 11 is 0. The van der Waals surface area contributed by atoms with Crippen molar-refractivity contribution in [3.63, 3.8) is 0 Å². The first kappa shape index (κ1) is 12.7. The average Bonchev–Trinajstić information content (AvgIpc) is 2.75. The highest BCUT2D eigenvalue weighted by Gasteiger charge is 2.26. The molecule has 0 atom stereocenters. The van der Waals surface area contributed by atoms with Crippen molar-refractivity contribution in [2.24, 2.45) is 7.05 Å². The van der Waals surface area contributed by atoms with Crippen LogP contribution in [0.5, 0.6) is 0 Å². The molecule has 1 aliphatic carbocycles. The minimum Gasteiger partial charge on any atom is -0.306 e. The lowest BCUT2D eigenvalue weighted by Gasteiger charge is -2.34. The molecule has 1 saturated carbocycles. The number of nitrogens with one attached hydrogen (secondary N) is 1. The summed E-state index contributed by atoms with van der Waals surface area (Å²) in [7, 11) is 2.02. The van der Waals surface area contributed by atoms with E-state index in [9.17, 15) is 0 Å². The molecule has 0 radical (unpaired) electrons. The number of nitrogens with zero attached hydrogens (tertiary/aromatic N) is 2. The van der Waals surface area contributed by atoms with Gasteiger partial charge >= 0.3 is 0 Å². The Hall–Kier alpha value is -1.35. The van der Waals surface area contributed by atoms with Crippen LogP contribution in [0.25, 0.3) is 10.9 Å². The van der Waals surface area contributed by atoms with Crippen molar-refractivity contribution in [3.05, 3.63) is 30.0 Å². The van der Waals surface area contributed by atoms with E-state index < -0.39 is 0 Å². The molecule has 19 heavy (non-hydrogen) atoms. The molecule has 0 saturated heterocycles. The number of benzene rings is 1. The fourth-order valence-corrected chi connectivity index (χ4v) is 3.23. The molecular formula is C16H23N3. The predicted octanol–water partition coefficient (Wildman–Crippen LogP) is 3.39. The van der Waals surface area contributed by atoms with Crippen LogP contribution < -0.4 is 5.32 Å². The topological polar surface area (TPSA) is 29.9 Å². The second-order valence-electron chi connectivity index (χ2n) is 6.06. The maximum absolute atomic E-state index is 4.66. The number of fused-ring (bicyclic) bond motifs is 1. The summed E-state index contributed by atoms with van der Waals surface area (Å²) in [6.07, 6.45) is 6.68. The molecule has 3 rings (SSSR count). The molecule has 1 aromatic heterocycles. The van der Waals surface area contributed by atoms with E-state index in [-0.39, 0.29) is 0 Å². The van der Waals surface area contributed by atoms with Gasteiger partial charge in [0.25, 0.3) is 0 Å². The van der Waals surface area contributed by atoms with Crippen LogP contribution in [0.2, 0.25) is 0 Å². The second kappa shape index (κ2) is 4.97. The van der Waals surface area contributed by atoms with Crippen LogP contribution in [0.3, 0.4) is 0 Å². The minimum atomic E-state index is 0.302. The van der Waals surface area contributed by atoms with Crippen LogP contribution in [0, 0.1) is 0 Å². The van der Waals surface area contributed by atoms with E-state index in [1.807, 2.05) is 11.7 Å². The van der Waals surface area contributed by atoms with Crippen LogP contribution in [0.15, 0.2) is 24.3 Å². The number of aryl methyl sites for hydroxylation is 1. The molecule has 102 valence electrons. The van der Waals surface area contributed by atoms with Gasteiger partial charge in [-0.2, -0.15) is 5.10 Å². The summed E-state index contributed by atoms with van der Waals surface area (Å²) in [5.41, 5.74) is 2.69. The molecule has 0 spiro atoms. The monoisotopic (exact) mass is 257 g/mol. The molecule has 0 unspecified atom stereocenters.